The van der Waals surface area contributed by atoms with E-state index in [4.69, 9.17) is 4.74 Å². The van der Waals surface area contributed by atoms with Gasteiger partial charge in [0.1, 0.15) is 5.75 Å². The predicted octanol–water partition coefficient (Wildman–Crippen LogP) is 3.17. The maximum absolute atomic E-state index is 11.9. The summed E-state index contributed by atoms with van der Waals surface area (Å²) in [6.07, 6.45) is 0. The summed E-state index contributed by atoms with van der Waals surface area (Å²) >= 11 is 0. The molecule has 2 aromatic rings. The zero-order valence-electron chi connectivity index (χ0n) is 11.3. The highest BCUT2D eigenvalue weighted by Gasteiger charge is 2.08. The minimum Gasteiger partial charge on any atom is -0.423 e. The van der Waals surface area contributed by atoms with Crippen LogP contribution in [0.15, 0.2) is 48.5 Å². The van der Waals surface area contributed by atoms with Crippen molar-refractivity contribution in [3.8, 4) is 5.75 Å². The topological polar surface area (TPSA) is 55.4 Å². The lowest BCUT2D eigenvalue weighted by Gasteiger charge is -2.06. The van der Waals surface area contributed by atoms with Gasteiger partial charge in [-0.1, -0.05) is 12.1 Å². The molecule has 0 aliphatic carbocycles. The van der Waals surface area contributed by atoms with E-state index in [0.717, 1.165) is 5.56 Å². The van der Waals surface area contributed by atoms with E-state index in [2.05, 4.69) is 5.32 Å². The molecule has 4 nitrogen and oxygen atoms in total. The van der Waals surface area contributed by atoms with Gasteiger partial charge in [0.25, 0.3) is 0 Å². The number of ether oxygens (including phenoxy) is 1. The Balaban J connectivity index is 2.07. The Morgan fingerprint density at radius 2 is 1.75 bits per heavy atom. The molecule has 0 fully saturated rings. The zero-order valence-corrected chi connectivity index (χ0v) is 11.3. The number of hydrogen-bond donors (Lipinski definition) is 1. The zero-order chi connectivity index (χ0) is 14.5. The lowest BCUT2D eigenvalue weighted by atomic mass is 10.2. The third kappa shape index (κ3) is 3.68. The standard InChI is InChI=1S/C16H15NO3/c1-11-4-3-5-15(10-11)20-16(19)13-6-8-14(9-7-13)17-12(2)18/h3-10H,1-2H3,(H,17,18). The molecular formula is C16H15NO3. The van der Waals surface area contributed by atoms with Crippen LogP contribution in [0.5, 0.6) is 5.75 Å². The quantitative estimate of drug-likeness (QED) is 0.687. The molecule has 0 unspecified atom stereocenters. The van der Waals surface area contributed by atoms with Gasteiger partial charge in [-0.25, -0.2) is 4.79 Å². The molecule has 0 radical (unpaired) electrons. The highest BCUT2D eigenvalue weighted by atomic mass is 16.5. The van der Waals surface area contributed by atoms with E-state index in [9.17, 15) is 9.59 Å². The molecule has 102 valence electrons. The highest BCUT2D eigenvalue weighted by molar-refractivity contribution is 5.93. The molecular weight excluding hydrogens is 254 g/mol. The summed E-state index contributed by atoms with van der Waals surface area (Å²) in [4.78, 5) is 22.9. The Bertz CT molecular complexity index is 632. The Hall–Kier alpha value is -2.62. The number of anilines is 1. The van der Waals surface area contributed by atoms with E-state index in [1.165, 1.54) is 6.92 Å². The Morgan fingerprint density at radius 3 is 2.35 bits per heavy atom. The molecule has 2 aromatic carbocycles. The number of carbonyl (C=O) groups excluding carboxylic acids is 2. The number of aryl methyl sites for hydroxylation is 1. The van der Waals surface area contributed by atoms with Gasteiger partial charge < -0.3 is 10.1 Å². The van der Waals surface area contributed by atoms with Gasteiger partial charge in [-0.05, 0) is 48.9 Å². The van der Waals surface area contributed by atoms with Crippen LogP contribution in [0.3, 0.4) is 0 Å². The van der Waals surface area contributed by atoms with Crippen molar-refractivity contribution in [2.24, 2.45) is 0 Å². The molecule has 0 atom stereocenters. The maximum atomic E-state index is 11.9. The van der Waals surface area contributed by atoms with Crippen LogP contribution in [-0.4, -0.2) is 11.9 Å². The van der Waals surface area contributed by atoms with Crippen LogP contribution in [0.25, 0.3) is 0 Å². The number of carbonyl (C=O) groups is 2. The maximum Gasteiger partial charge on any atom is 0.343 e. The second kappa shape index (κ2) is 6.02. The molecule has 0 bridgehead atoms. The number of esters is 1. The molecule has 0 aliphatic heterocycles. The Morgan fingerprint density at radius 1 is 1.05 bits per heavy atom. The third-order valence-corrected chi connectivity index (χ3v) is 2.64. The van der Waals surface area contributed by atoms with Crippen LogP contribution in [0.4, 0.5) is 5.69 Å². The number of amides is 1. The molecule has 0 saturated carbocycles. The Kier molecular flexibility index (Phi) is 4.15. The number of nitrogens with one attached hydrogen (secondary N) is 1. The Labute approximate surface area is 117 Å². The largest absolute Gasteiger partial charge is 0.423 e. The van der Waals surface area contributed by atoms with E-state index < -0.39 is 5.97 Å². The van der Waals surface area contributed by atoms with Gasteiger partial charge in [-0.3, -0.25) is 4.79 Å². The highest BCUT2D eigenvalue weighted by Crippen LogP contribution is 2.16. The van der Waals surface area contributed by atoms with Crippen molar-refractivity contribution in [2.75, 3.05) is 5.32 Å². The van der Waals surface area contributed by atoms with Crippen molar-refractivity contribution in [3.05, 3.63) is 59.7 Å². The molecule has 2 rings (SSSR count). The van der Waals surface area contributed by atoms with Crippen LogP contribution in [0.1, 0.15) is 22.8 Å². The summed E-state index contributed by atoms with van der Waals surface area (Å²) in [5.74, 6) is -0.0639. The summed E-state index contributed by atoms with van der Waals surface area (Å²) in [5, 5.41) is 2.64. The first-order valence-electron chi connectivity index (χ1n) is 6.21. The van der Waals surface area contributed by atoms with Crippen LogP contribution < -0.4 is 10.1 Å². The van der Waals surface area contributed by atoms with Gasteiger partial charge >= 0.3 is 5.97 Å². The van der Waals surface area contributed by atoms with Crippen LogP contribution in [-0.2, 0) is 4.79 Å². The molecule has 0 heterocycles. The van der Waals surface area contributed by atoms with Gasteiger partial charge in [0.2, 0.25) is 5.91 Å². The van der Waals surface area contributed by atoms with Gasteiger partial charge in [-0.2, -0.15) is 0 Å². The molecule has 20 heavy (non-hydrogen) atoms. The van der Waals surface area contributed by atoms with Crippen molar-refractivity contribution in [2.45, 2.75) is 13.8 Å². The number of benzene rings is 2. The SMILES string of the molecule is CC(=O)Nc1ccc(C(=O)Oc2cccc(C)c2)cc1. The summed E-state index contributed by atoms with van der Waals surface area (Å²) < 4.78 is 5.28. The minimum absolute atomic E-state index is 0.153. The fourth-order valence-corrected chi connectivity index (χ4v) is 1.74. The van der Waals surface area contributed by atoms with Gasteiger partial charge in [-0.15, -0.1) is 0 Å². The third-order valence-electron chi connectivity index (χ3n) is 2.64. The van der Waals surface area contributed by atoms with E-state index in [1.807, 2.05) is 19.1 Å². The second-order valence-electron chi connectivity index (χ2n) is 4.46. The lowest BCUT2D eigenvalue weighted by molar-refractivity contribution is -0.114. The van der Waals surface area contributed by atoms with E-state index in [-0.39, 0.29) is 5.91 Å². The van der Waals surface area contributed by atoms with Crippen molar-refractivity contribution >= 4 is 17.6 Å². The second-order valence-corrected chi connectivity index (χ2v) is 4.46. The average molecular weight is 269 g/mol. The van der Waals surface area contributed by atoms with E-state index in [1.54, 1.807) is 36.4 Å². The first-order valence-corrected chi connectivity index (χ1v) is 6.21. The summed E-state index contributed by atoms with van der Waals surface area (Å²) in [6, 6.07) is 13.8. The molecule has 0 aliphatic rings. The molecule has 0 spiro atoms. The van der Waals surface area contributed by atoms with Crippen molar-refractivity contribution < 1.29 is 14.3 Å². The number of rotatable bonds is 3. The molecule has 0 aromatic heterocycles. The van der Waals surface area contributed by atoms with Crippen LogP contribution >= 0.6 is 0 Å². The molecule has 1 amide bonds. The van der Waals surface area contributed by atoms with Gasteiger partial charge in [0, 0.05) is 12.6 Å². The van der Waals surface area contributed by atoms with Crippen molar-refractivity contribution in [1.29, 1.82) is 0 Å². The smallest absolute Gasteiger partial charge is 0.343 e. The first-order chi connectivity index (χ1) is 9.54. The van der Waals surface area contributed by atoms with E-state index >= 15 is 0 Å². The van der Waals surface area contributed by atoms with Crippen molar-refractivity contribution in [3.63, 3.8) is 0 Å². The van der Waals surface area contributed by atoms with Crippen molar-refractivity contribution in [1.82, 2.24) is 0 Å². The molecule has 4 heteroatoms. The fraction of sp³-hybridized carbons (Fsp3) is 0.125. The first kappa shape index (κ1) is 13.8. The van der Waals surface area contributed by atoms with Crippen LogP contribution in [0, 0.1) is 6.92 Å². The molecule has 1 N–H and O–H groups in total. The lowest BCUT2D eigenvalue weighted by Crippen LogP contribution is -2.09. The van der Waals surface area contributed by atoms with Crippen LogP contribution in [0.2, 0.25) is 0 Å². The molecule has 0 saturated heterocycles. The van der Waals surface area contributed by atoms with Gasteiger partial charge in [0.15, 0.2) is 0 Å². The van der Waals surface area contributed by atoms with E-state index in [0.29, 0.717) is 17.0 Å². The average Bonchev–Trinajstić information content (AvgIpc) is 2.38. The van der Waals surface area contributed by atoms with Gasteiger partial charge in [0.05, 0.1) is 5.56 Å². The monoisotopic (exact) mass is 269 g/mol. The predicted molar refractivity (Wildman–Crippen MR) is 76.9 cm³/mol. The normalized spacial score (nSPS) is 9.90. The summed E-state index contributed by atoms with van der Waals surface area (Å²) in [6.45, 7) is 3.36. The number of hydrogen-bond acceptors (Lipinski definition) is 3. The minimum atomic E-state index is -0.426. The summed E-state index contributed by atoms with van der Waals surface area (Å²) in [7, 11) is 0. The summed E-state index contributed by atoms with van der Waals surface area (Å²) in [5.41, 5.74) is 2.10. The fourth-order valence-electron chi connectivity index (χ4n) is 1.74.